The van der Waals surface area contributed by atoms with Crippen LogP contribution in [0.15, 0.2) is 24.3 Å². The Morgan fingerprint density at radius 2 is 2.22 bits per heavy atom. The van der Waals surface area contributed by atoms with Gasteiger partial charge in [-0.3, -0.25) is 0 Å². The van der Waals surface area contributed by atoms with E-state index in [2.05, 4.69) is 36.1 Å². The number of nitrogens with two attached hydrogens (primary N) is 1. The van der Waals surface area contributed by atoms with E-state index in [1.54, 1.807) is 0 Å². The van der Waals surface area contributed by atoms with E-state index in [1.807, 2.05) is 0 Å². The van der Waals surface area contributed by atoms with E-state index >= 15 is 0 Å². The molecule has 2 heterocycles. The van der Waals surface area contributed by atoms with Crippen LogP contribution in [0.2, 0.25) is 0 Å². The van der Waals surface area contributed by atoms with Crippen LogP contribution < -0.4 is 10.6 Å². The summed E-state index contributed by atoms with van der Waals surface area (Å²) in [5, 5.41) is 0. The molecule has 3 unspecified atom stereocenters. The normalized spacial score (nSPS) is 31.4. The molecule has 1 fully saturated rings. The van der Waals surface area contributed by atoms with Crippen molar-refractivity contribution in [1.82, 2.24) is 0 Å². The predicted molar refractivity (Wildman–Crippen MR) is 73.9 cm³/mol. The highest BCUT2D eigenvalue weighted by molar-refractivity contribution is 5.59. The molecule has 2 aliphatic rings. The topological polar surface area (TPSA) is 38.5 Å². The van der Waals surface area contributed by atoms with Crippen molar-refractivity contribution in [2.75, 3.05) is 24.7 Å². The second-order valence-electron chi connectivity index (χ2n) is 5.62. The van der Waals surface area contributed by atoms with Crippen molar-refractivity contribution < 1.29 is 4.74 Å². The fourth-order valence-electron chi connectivity index (χ4n) is 3.16. The third-order valence-corrected chi connectivity index (χ3v) is 4.31. The highest BCUT2D eigenvalue weighted by Gasteiger charge is 2.31. The first-order valence-electron chi connectivity index (χ1n) is 6.93. The molecular formula is C15H22N2O. The molecule has 2 N–H and O–H groups in total. The average molecular weight is 246 g/mol. The van der Waals surface area contributed by atoms with Gasteiger partial charge < -0.3 is 15.4 Å². The van der Waals surface area contributed by atoms with Crippen molar-refractivity contribution >= 4 is 5.69 Å². The Hall–Kier alpha value is -1.06. The van der Waals surface area contributed by atoms with Crippen molar-refractivity contribution in [3.05, 3.63) is 29.8 Å². The number of hydrogen-bond donors (Lipinski definition) is 1. The van der Waals surface area contributed by atoms with Crippen LogP contribution in [0, 0.1) is 5.92 Å². The highest BCUT2D eigenvalue weighted by Crippen LogP contribution is 2.33. The number of ether oxygens (including phenoxy) is 1. The quantitative estimate of drug-likeness (QED) is 0.865. The first kappa shape index (κ1) is 12.0. The van der Waals surface area contributed by atoms with Gasteiger partial charge >= 0.3 is 0 Å². The van der Waals surface area contributed by atoms with Gasteiger partial charge in [-0.1, -0.05) is 18.2 Å². The lowest BCUT2D eigenvalue weighted by Crippen LogP contribution is -2.46. The van der Waals surface area contributed by atoms with Gasteiger partial charge in [0, 0.05) is 36.8 Å². The summed E-state index contributed by atoms with van der Waals surface area (Å²) in [5.41, 5.74) is 9.08. The minimum absolute atomic E-state index is 0.290. The maximum Gasteiger partial charge on any atom is 0.0526 e. The second-order valence-corrected chi connectivity index (χ2v) is 5.62. The number of para-hydroxylation sites is 1. The summed E-state index contributed by atoms with van der Waals surface area (Å²) in [7, 11) is 0. The fraction of sp³-hybridized carbons (Fsp3) is 0.600. The molecule has 3 atom stereocenters. The fourth-order valence-corrected chi connectivity index (χ4v) is 3.16. The van der Waals surface area contributed by atoms with Crippen LogP contribution in [0.1, 0.15) is 18.9 Å². The van der Waals surface area contributed by atoms with Gasteiger partial charge in [0.15, 0.2) is 0 Å². The van der Waals surface area contributed by atoms with Crippen LogP contribution in [0.4, 0.5) is 5.69 Å². The Morgan fingerprint density at radius 1 is 1.39 bits per heavy atom. The number of benzene rings is 1. The Balaban J connectivity index is 1.76. The van der Waals surface area contributed by atoms with Crippen molar-refractivity contribution in [3.63, 3.8) is 0 Å². The minimum Gasteiger partial charge on any atom is -0.381 e. The van der Waals surface area contributed by atoms with Crippen LogP contribution in [-0.4, -0.2) is 31.8 Å². The summed E-state index contributed by atoms with van der Waals surface area (Å²) >= 11 is 0. The first-order valence-corrected chi connectivity index (χ1v) is 6.93. The molecule has 3 heteroatoms. The largest absolute Gasteiger partial charge is 0.381 e. The molecule has 0 radical (unpaired) electrons. The van der Waals surface area contributed by atoms with E-state index in [0.717, 1.165) is 32.6 Å². The molecule has 1 aromatic rings. The van der Waals surface area contributed by atoms with Crippen LogP contribution in [-0.2, 0) is 11.2 Å². The van der Waals surface area contributed by atoms with E-state index in [9.17, 15) is 0 Å². The molecule has 3 nitrogen and oxygen atoms in total. The summed E-state index contributed by atoms with van der Waals surface area (Å²) in [4.78, 5) is 2.51. The van der Waals surface area contributed by atoms with Crippen LogP contribution in [0.25, 0.3) is 0 Å². The molecule has 0 bridgehead atoms. The van der Waals surface area contributed by atoms with Gasteiger partial charge in [0.25, 0.3) is 0 Å². The van der Waals surface area contributed by atoms with E-state index in [1.165, 1.54) is 11.3 Å². The summed E-state index contributed by atoms with van der Waals surface area (Å²) in [6.45, 7) is 4.96. The zero-order valence-electron chi connectivity index (χ0n) is 11.0. The van der Waals surface area contributed by atoms with Crippen molar-refractivity contribution in [2.24, 2.45) is 11.7 Å². The Bertz CT molecular complexity index is 421. The van der Waals surface area contributed by atoms with E-state index in [4.69, 9.17) is 10.5 Å². The van der Waals surface area contributed by atoms with Crippen molar-refractivity contribution in [2.45, 2.75) is 31.8 Å². The molecule has 0 spiro atoms. The van der Waals surface area contributed by atoms with Gasteiger partial charge in [-0.2, -0.15) is 0 Å². The summed E-state index contributed by atoms with van der Waals surface area (Å²) in [6.07, 6.45) is 2.15. The molecule has 1 saturated heterocycles. The van der Waals surface area contributed by atoms with Gasteiger partial charge in [-0.15, -0.1) is 0 Å². The second kappa shape index (κ2) is 4.90. The molecule has 98 valence electrons. The maximum absolute atomic E-state index is 6.22. The average Bonchev–Trinajstić information content (AvgIpc) is 2.69. The summed E-state index contributed by atoms with van der Waals surface area (Å²) < 4.78 is 5.58. The molecular weight excluding hydrogens is 224 g/mol. The number of fused-ring (bicyclic) bond motifs is 1. The maximum atomic E-state index is 6.22. The zero-order valence-corrected chi connectivity index (χ0v) is 11.0. The smallest absolute Gasteiger partial charge is 0.0526 e. The van der Waals surface area contributed by atoms with Gasteiger partial charge in [-0.05, 0) is 31.4 Å². The van der Waals surface area contributed by atoms with Crippen LogP contribution in [0.3, 0.4) is 0 Å². The van der Waals surface area contributed by atoms with Gasteiger partial charge in [0.1, 0.15) is 0 Å². The van der Waals surface area contributed by atoms with Crippen LogP contribution in [0.5, 0.6) is 0 Å². The third-order valence-electron chi connectivity index (χ3n) is 4.31. The lowest BCUT2D eigenvalue weighted by Gasteiger charge is -2.35. The van der Waals surface area contributed by atoms with Gasteiger partial charge in [0.2, 0.25) is 0 Å². The van der Waals surface area contributed by atoms with Crippen LogP contribution >= 0.6 is 0 Å². The highest BCUT2D eigenvalue weighted by atomic mass is 16.5. The first-order chi connectivity index (χ1) is 8.75. The molecule has 1 aromatic carbocycles. The lowest BCUT2D eigenvalue weighted by atomic mass is 9.96. The van der Waals surface area contributed by atoms with Gasteiger partial charge in [-0.25, -0.2) is 0 Å². The predicted octanol–water partition coefficient (Wildman–Crippen LogP) is 1.80. The molecule has 3 rings (SSSR count). The summed E-state index contributed by atoms with van der Waals surface area (Å²) in [6, 6.07) is 9.60. The monoisotopic (exact) mass is 246 g/mol. The number of rotatable bonds is 2. The Kier molecular flexibility index (Phi) is 3.27. The van der Waals surface area contributed by atoms with Crippen molar-refractivity contribution in [1.29, 1.82) is 0 Å². The zero-order chi connectivity index (χ0) is 12.5. The van der Waals surface area contributed by atoms with Crippen molar-refractivity contribution in [3.8, 4) is 0 Å². The molecule has 0 saturated carbocycles. The number of hydrogen-bond acceptors (Lipinski definition) is 3. The molecule has 0 aliphatic carbocycles. The third kappa shape index (κ3) is 2.13. The summed E-state index contributed by atoms with van der Waals surface area (Å²) in [5.74, 6) is 0.465. The van der Waals surface area contributed by atoms with Gasteiger partial charge in [0.05, 0.1) is 6.61 Å². The molecule has 2 aliphatic heterocycles. The Morgan fingerprint density at radius 3 is 3.06 bits per heavy atom. The number of nitrogens with zero attached hydrogens (tertiary/aromatic N) is 1. The lowest BCUT2D eigenvalue weighted by molar-refractivity contribution is 0.0443. The minimum atomic E-state index is 0.290. The Labute approximate surface area is 109 Å². The van der Waals surface area contributed by atoms with E-state index < -0.39 is 0 Å². The SMILES string of the molecule is CC1Cc2ccccc2N1CC1COCCC1N. The van der Waals surface area contributed by atoms with E-state index in [0.29, 0.717) is 18.0 Å². The molecule has 18 heavy (non-hydrogen) atoms. The number of anilines is 1. The van der Waals surface area contributed by atoms with E-state index in [-0.39, 0.29) is 0 Å². The standard InChI is InChI=1S/C15H22N2O/c1-11-8-12-4-2-3-5-15(12)17(11)9-13-10-18-7-6-14(13)16/h2-5,11,13-14H,6-10,16H2,1H3. The molecule has 0 amide bonds. The molecule has 0 aromatic heterocycles.